The summed E-state index contributed by atoms with van der Waals surface area (Å²) in [5, 5.41) is 34.1. The van der Waals surface area contributed by atoms with Crippen molar-refractivity contribution < 1.29 is 79.6 Å². The van der Waals surface area contributed by atoms with Gasteiger partial charge in [-0.25, -0.2) is 58.7 Å². The third kappa shape index (κ3) is 18.6. The number of aliphatic imine (C=N–C) groups is 3. The topological polar surface area (TPSA) is 394 Å². The van der Waals surface area contributed by atoms with Crippen LogP contribution in [-0.2, 0) is 20.0 Å². The van der Waals surface area contributed by atoms with Crippen molar-refractivity contribution >= 4 is 87.0 Å². The zero-order chi connectivity index (χ0) is 50.3. The number of nitrogens with one attached hydrogen (secondary N) is 5. The number of nitrogens with two attached hydrogens (primary N) is 2. The number of hydrogen-bond donors (Lipinski definition) is 8. The number of aromatic nitrogens is 6. The second kappa shape index (κ2) is 31.3. The Labute approximate surface area is 467 Å². The fourth-order valence-electron chi connectivity index (χ4n) is 5.60. The first-order valence-electron chi connectivity index (χ1n) is 19.9. The smallest absolute Gasteiger partial charge is 0.870 e. The van der Waals surface area contributed by atoms with Crippen molar-refractivity contribution in [3.8, 4) is 17.2 Å². The van der Waals surface area contributed by atoms with Gasteiger partial charge in [0, 0.05) is 26.2 Å². The Hall–Kier alpha value is -6.65. The summed E-state index contributed by atoms with van der Waals surface area (Å²) in [4.78, 5) is 24.5. The summed E-state index contributed by atoms with van der Waals surface area (Å²) < 4.78 is 96.1. The van der Waals surface area contributed by atoms with E-state index < -0.39 is 37.4 Å². The van der Waals surface area contributed by atoms with E-state index in [2.05, 4.69) is 92.7 Å². The van der Waals surface area contributed by atoms with Crippen molar-refractivity contribution in [3.05, 3.63) is 134 Å². The number of amidine groups is 1. The Morgan fingerprint density at radius 2 is 1.19 bits per heavy atom. The molecule has 75 heavy (non-hydrogen) atoms. The number of benzene rings is 4. The van der Waals surface area contributed by atoms with E-state index in [0.29, 0.717) is 31.6 Å². The average molecular weight is 1220 g/mol. The molecule has 0 aliphatic rings. The van der Waals surface area contributed by atoms with Crippen LogP contribution in [0, 0.1) is 11.6 Å². The zero-order valence-corrected chi connectivity index (χ0v) is 44.0. The van der Waals surface area contributed by atoms with Gasteiger partial charge in [0.15, 0.2) is 17.2 Å². The van der Waals surface area contributed by atoms with E-state index in [0.717, 1.165) is 4.57 Å². The number of hydrogen-bond acceptors (Lipinski definition) is 20. The number of anilines is 2. The molecule has 0 unspecified atom stereocenters. The van der Waals surface area contributed by atoms with Gasteiger partial charge < -0.3 is 27.6 Å². The third-order valence-electron chi connectivity index (χ3n) is 8.83. The Balaban J connectivity index is 0.000000704. The van der Waals surface area contributed by atoms with Crippen molar-refractivity contribution in [3.63, 3.8) is 0 Å². The van der Waals surface area contributed by atoms with Crippen molar-refractivity contribution in [1.29, 1.82) is 0 Å². The fraction of sp³-hybridized carbons (Fsp3) is 0.214. The van der Waals surface area contributed by atoms with Crippen LogP contribution in [0.5, 0.6) is 0 Å². The minimum Gasteiger partial charge on any atom is -0.870 e. The van der Waals surface area contributed by atoms with E-state index in [1.165, 1.54) is 60.7 Å². The van der Waals surface area contributed by atoms with Crippen LogP contribution in [0.4, 0.5) is 26.1 Å². The normalized spacial score (nSPS) is 11.4. The molecule has 0 fully saturated rings. The van der Waals surface area contributed by atoms with Crippen LogP contribution in [0.2, 0.25) is 0 Å². The maximum Gasteiger partial charge on any atom is 1.00 e. The molecule has 0 saturated heterocycles. The zero-order valence-electron chi connectivity index (χ0n) is 37.1. The molecule has 0 radical (unpaired) electrons. The van der Waals surface area contributed by atoms with E-state index in [1.54, 1.807) is 36.4 Å². The van der Waals surface area contributed by atoms with Crippen molar-refractivity contribution in [2.24, 2.45) is 26.4 Å². The molecule has 0 saturated carbocycles. The van der Waals surface area contributed by atoms with E-state index in [-0.39, 0.29) is 141 Å². The van der Waals surface area contributed by atoms with Gasteiger partial charge in [-0.05, 0) is 126 Å². The summed E-state index contributed by atoms with van der Waals surface area (Å²) in [6, 6.07) is 23.5. The molecule has 7 rings (SSSR count). The molecule has 26 nitrogen and oxygen atoms in total. The summed E-state index contributed by atoms with van der Waals surface area (Å²) in [5.41, 5.74) is 14.1. The standard InChI is InChI=1S/C20H18BrFN8O5S.C19H20BrFN8O4S.3CH4.Na.H2O/c21-14-11-12(7-8-15(14)22)30-18(28-34-20(30)31)16-17(27-35-26-16)24-9-4-10-25-19(23)29-36(32,33)13-5-2-1-3-6-13;20-14-11-12(7-8-15(14)21)25-18(26-30)16-17(28-33-27-16)23-9-4-10-24-19(22)29-34(31,32)13-5-2-1-3-6-13;;;;;/h1-3,5-8,11H,4,9-10H2,(H,24,27)(H3,23,25,29);1-3,5-8,11,30H,4,9-10H2,(H,23,28)(H,25,26)(H3,22,24,29);3*1H4;;1H2/q;;;;;+1;/p-1. The number of nitrogens with zero attached hydrogens (tertiary/aromatic N) is 9. The monoisotopic (exact) mass is 1220 g/mol. The summed E-state index contributed by atoms with van der Waals surface area (Å²) in [6.07, 6.45) is 0.876. The van der Waals surface area contributed by atoms with Gasteiger partial charge >= 0.3 is 35.3 Å². The number of sulfonamides is 2. The Kier molecular flexibility index (Phi) is 27.7. The molecule has 33 heteroatoms. The van der Waals surface area contributed by atoms with E-state index >= 15 is 0 Å². The van der Waals surface area contributed by atoms with Gasteiger partial charge in [0.1, 0.15) is 11.6 Å². The SMILES string of the molecule is C.C.C.NC(=NCCCNc1nonc1-c1noc(=O)n1-c1ccc(F)c(Br)c1)NS(=O)(=O)c1ccccc1.NC(=NCCCNc1nonc1C(=Nc1ccc(F)c(Br)c1)NO)NS(=O)(=O)c1ccccc1.[Na+].[OH-]. The third-order valence-corrected chi connectivity index (χ3v) is 12.8. The summed E-state index contributed by atoms with van der Waals surface area (Å²) in [6.45, 7) is 1.05. The predicted octanol–water partition coefficient (Wildman–Crippen LogP) is 2.73. The molecule has 0 aliphatic carbocycles. The summed E-state index contributed by atoms with van der Waals surface area (Å²) in [7, 11) is -7.63. The quantitative estimate of drug-likeness (QED) is 0.0201. The molecular weight excluding hydrogens is 1170 g/mol. The molecule has 0 bridgehead atoms. The minimum atomic E-state index is -3.82. The van der Waals surface area contributed by atoms with Gasteiger partial charge in [0.2, 0.25) is 29.4 Å². The molecule has 3 heterocycles. The first kappa shape index (κ1) is 66.4. The Morgan fingerprint density at radius 3 is 1.71 bits per heavy atom. The van der Waals surface area contributed by atoms with Gasteiger partial charge in [-0.15, -0.1) is 0 Å². The minimum absolute atomic E-state index is 0. The number of rotatable bonds is 18. The van der Waals surface area contributed by atoms with Crippen LogP contribution in [0.15, 0.2) is 149 Å². The summed E-state index contributed by atoms with van der Waals surface area (Å²) >= 11 is 6.14. The van der Waals surface area contributed by atoms with Crippen molar-refractivity contribution in [2.75, 3.05) is 36.8 Å². The largest absolute Gasteiger partial charge is 1.00 e. The molecule has 0 amide bonds. The average Bonchev–Trinajstić information content (AvgIpc) is 4.11. The van der Waals surface area contributed by atoms with Gasteiger partial charge in [-0.1, -0.05) is 63.8 Å². The maximum absolute atomic E-state index is 13.6. The van der Waals surface area contributed by atoms with E-state index in [4.69, 9.17) is 25.2 Å². The maximum atomic E-state index is 13.6. The molecule has 4 aromatic carbocycles. The van der Waals surface area contributed by atoms with Crippen LogP contribution in [0.1, 0.15) is 40.8 Å². The first-order chi connectivity index (χ1) is 33.6. The van der Waals surface area contributed by atoms with Crippen LogP contribution >= 0.6 is 31.9 Å². The second-order valence-corrected chi connectivity index (χ2v) is 18.8. The molecule has 0 aliphatic heterocycles. The number of guanidine groups is 2. The van der Waals surface area contributed by atoms with Crippen molar-refractivity contribution in [2.45, 2.75) is 44.9 Å². The summed E-state index contributed by atoms with van der Waals surface area (Å²) in [5.74, 6) is -2.02. The molecule has 7 aromatic rings. The van der Waals surface area contributed by atoms with Crippen LogP contribution in [0.3, 0.4) is 0 Å². The van der Waals surface area contributed by atoms with E-state index in [1.807, 2.05) is 5.48 Å². The molecule has 3 aromatic heterocycles. The van der Waals surface area contributed by atoms with Crippen LogP contribution in [-0.4, -0.2) is 102 Å². The Morgan fingerprint density at radius 1 is 0.693 bits per heavy atom. The fourth-order valence-corrected chi connectivity index (χ4v) is 8.28. The van der Waals surface area contributed by atoms with E-state index in [9.17, 15) is 35.6 Å². The van der Waals surface area contributed by atoms with Crippen molar-refractivity contribution in [1.82, 2.24) is 45.3 Å². The number of hydroxylamine groups is 1. The van der Waals surface area contributed by atoms with Crippen LogP contribution < -0.4 is 72.3 Å². The van der Waals surface area contributed by atoms with Gasteiger partial charge in [-0.3, -0.25) is 25.2 Å². The molecule has 11 N–H and O–H groups in total. The van der Waals surface area contributed by atoms with Gasteiger partial charge in [0.25, 0.3) is 20.0 Å². The Bertz CT molecular complexity index is 3280. The first-order valence-corrected chi connectivity index (χ1v) is 24.5. The molecular formula is C42H51Br2F2N16NaO10S2. The van der Waals surface area contributed by atoms with Crippen LogP contribution in [0.25, 0.3) is 17.2 Å². The molecule has 0 spiro atoms. The predicted molar refractivity (Wildman–Crippen MR) is 277 cm³/mol. The van der Waals surface area contributed by atoms with Gasteiger partial charge in [0.05, 0.1) is 30.1 Å². The van der Waals surface area contributed by atoms with Gasteiger partial charge in [-0.2, -0.15) is 0 Å². The molecule has 0 atom stereocenters. The second-order valence-electron chi connectivity index (χ2n) is 13.7. The number of halogens is 4. The molecule has 400 valence electrons.